The Morgan fingerprint density at radius 3 is 2.35 bits per heavy atom. The highest BCUT2D eigenvalue weighted by Crippen LogP contribution is 2.33. The number of rotatable bonds is 7. The molecular weight excluding hydrogens is 382 g/mol. The van der Waals surface area contributed by atoms with Crippen LogP contribution < -0.4 is 9.47 Å². The Bertz CT molecular complexity index is 976. The summed E-state index contributed by atoms with van der Waals surface area (Å²) in [5, 5.41) is -0.748. The molecule has 1 aromatic heterocycles. The predicted octanol–water partition coefficient (Wildman–Crippen LogP) is 1.28. The lowest BCUT2D eigenvalue weighted by Gasteiger charge is -2.37. The SMILES string of the molecule is COc1ccc(S(=O)(=O)N2CC(S(=O)(=O)Cc3ccco3)C2)cc1OC. The van der Waals surface area contributed by atoms with Crippen molar-refractivity contribution in [1.29, 1.82) is 0 Å². The van der Waals surface area contributed by atoms with E-state index in [2.05, 4.69) is 0 Å². The first-order chi connectivity index (χ1) is 12.3. The fraction of sp³-hybridized carbons (Fsp3) is 0.375. The number of ether oxygens (including phenoxy) is 2. The molecule has 0 N–H and O–H groups in total. The van der Waals surface area contributed by atoms with Gasteiger partial charge in [-0.15, -0.1) is 0 Å². The Morgan fingerprint density at radius 1 is 1.08 bits per heavy atom. The number of sulfone groups is 1. The smallest absolute Gasteiger partial charge is 0.243 e. The molecule has 0 saturated carbocycles. The highest BCUT2D eigenvalue weighted by atomic mass is 32.2. The van der Waals surface area contributed by atoms with Gasteiger partial charge >= 0.3 is 0 Å². The number of hydrogen-bond donors (Lipinski definition) is 0. The minimum Gasteiger partial charge on any atom is -0.493 e. The summed E-state index contributed by atoms with van der Waals surface area (Å²) in [5.41, 5.74) is 0. The van der Waals surface area contributed by atoms with E-state index < -0.39 is 25.1 Å². The maximum atomic E-state index is 12.7. The van der Waals surface area contributed by atoms with E-state index in [-0.39, 0.29) is 29.5 Å². The quantitative estimate of drug-likeness (QED) is 0.688. The van der Waals surface area contributed by atoms with E-state index in [1.165, 1.54) is 38.7 Å². The third kappa shape index (κ3) is 3.44. The number of methoxy groups -OCH3 is 2. The molecular formula is C16H19NO7S2. The van der Waals surface area contributed by atoms with E-state index >= 15 is 0 Å². The fourth-order valence-electron chi connectivity index (χ4n) is 2.66. The van der Waals surface area contributed by atoms with E-state index in [0.717, 1.165) is 4.31 Å². The summed E-state index contributed by atoms with van der Waals surface area (Å²) in [5.74, 6) is 0.797. The average molecular weight is 401 g/mol. The molecule has 3 rings (SSSR count). The maximum Gasteiger partial charge on any atom is 0.243 e. The summed E-state index contributed by atoms with van der Waals surface area (Å²) in [6.07, 6.45) is 1.40. The molecule has 1 aromatic carbocycles. The second-order valence-corrected chi connectivity index (χ2v) is 10.1. The maximum absolute atomic E-state index is 12.7. The third-order valence-corrected chi connectivity index (χ3v) is 8.07. The molecule has 0 aliphatic carbocycles. The van der Waals surface area contributed by atoms with Gasteiger partial charge < -0.3 is 13.9 Å². The first kappa shape index (κ1) is 18.7. The van der Waals surface area contributed by atoms with Crippen LogP contribution in [0.25, 0.3) is 0 Å². The molecule has 0 radical (unpaired) electrons. The van der Waals surface area contributed by atoms with Crippen LogP contribution in [0, 0.1) is 0 Å². The topological polar surface area (TPSA) is 103 Å². The van der Waals surface area contributed by atoms with Crippen LogP contribution in [-0.4, -0.2) is 53.7 Å². The molecule has 142 valence electrons. The summed E-state index contributed by atoms with van der Waals surface area (Å²) in [7, 11) is -4.43. The average Bonchev–Trinajstić information content (AvgIpc) is 3.04. The van der Waals surface area contributed by atoms with Crippen LogP contribution in [-0.2, 0) is 25.6 Å². The van der Waals surface area contributed by atoms with Crippen LogP contribution in [0.3, 0.4) is 0 Å². The minimum atomic E-state index is -3.81. The molecule has 0 unspecified atom stereocenters. The lowest BCUT2D eigenvalue weighted by atomic mass is 10.3. The summed E-state index contributed by atoms with van der Waals surface area (Å²) in [4.78, 5) is 0.0250. The predicted molar refractivity (Wildman–Crippen MR) is 93.4 cm³/mol. The monoisotopic (exact) mass is 401 g/mol. The Morgan fingerprint density at radius 2 is 1.77 bits per heavy atom. The Kier molecular flexibility index (Phi) is 5.00. The van der Waals surface area contributed by atoms with Gasteiger partial charge in [-0.1, -0.05) is 0 Å². The molecule has 0 bridgehead atoms. The second kappa shape index (κ2) is 6.93. The standard InChI is InChI=1S/C16H19NO7S2/c1-22-15-6-5-13(8-16(15)23-2)26(20,21)17-9-14(10-17)25(18,19)11-12-4-3-7-24-12/h3-8,14H,9-11H2,1-2H3. The third-order valence-electron chi connectivity index (χ3n) is 4.24. The molecule has 1 aliphatic rings. The van der Waals surface area contributed by atoms with Gasteiger partial charge in [-0.05, 0) is 24.3 Å². The number of benzene rings is 1. The first-order valence-electron chi connectivity index (χ1n) is 7.74. The van der Waals surface area contributed by atoms with Crippen molar-refractivity contribution >= 4 is 19.9 Å². The zero-order chi connectivity index (χ0) is 18.9. The molecule has 0 atom stereocenters. The molecule has 2 heterocycles. The highest BCUT2D eigenvalue weighted by Gasteiger charge is 2.43. The molecule has 0 amide bonds. The van der Waals surface area contributed by atoms with Gasteiger partial charge in [0, 0.05) is 19.2 Å². The Hall–Kier alpha value is -2.04. The van der Waals surface area contributed by atoms with Crippen LogP contribution in [0.4, 0.5) is 0 Å². The number of furan rings is 1. The van der Waals surface area contributed by atoms with Gasteiger partial charge in [-0.2, -0.15) is 4.31 Å². The fourth-order valence-corrected chi connectivity index (χ4v) is 6.01. The van der Waals surface area contributed by atoms with Crippen molar-refractivity contribution in [3.8, 4) is 11.5 Å². The van der Waals surface area contributed by atoms with Crippen LogP contribution in [0.1, 0.15) is 5.76 Å². The van der Waals surface area contributed by atoms with Gasteiger partial charge in [0.15, 0.2) is 21.3 Å². The minimum absolute atomic E-state index is 0.0250. The van der Waals surface area contributed by atoms with E-state index in [1.54, 1.807) is 12.1 Å². The van der Waals surface area contributed by atoms with Crippen molar-refractivity contribution in [2.75, 3.05) is 27.3 Å². The zero-order valence-corrected chi connectivity index (χ0v) is 15.9. The van der Waals surface area contributed by atoms with Crippen LogP contribution in [0.5, 0.6) is 11.5 Å². The number of sulfonamides is 1. The number of hydrogen-bond acceptors (Lipinski definition) is 7. The van der Waals surface area contributed by atoms with E-state index in [1.807, 2.05) is 0 Å². The molecule has 2 aromatic rings. The van der Waals surface area contributed by atoms with Crippen molar-refractivity contribution in [2.24, 2.45) is 0 Å². The van der Waals surface area contributed by atoms with Crippen LogP contribution in [0.2, 0.25) is 0 Å². The molecule has 10 heteroatoms. The summed E-state index contributed by atoms with van der Waals surface area (Å²) in [6, 6.07) is 7.45. The van der Waals surface area contributed by atoms with Gasteiger partial charge in [0.2, 0.25) is 10.0 Å². The van der Waals surface area contributed by atoms with Crippen molar-refractivity contribution < 1.29 is 30.7 Å². The lowest BCUT2D eigenvalue weighted by molar-refractivity contribution is 0.308. The van der Waals surface area contributed by atoms with E-state index in [9.17, 15) is 16.8 Å². The Balaban J connectivity index is 1.73. The van der Waals surface area contributed by atoms with Gasteiger partial charge in [-0.3, -0.25) is 0 Å². The van der Waals surface area contributed by atoms with Gasteiger partial charge in [0.05, 0.1) is 30.6 Å². The van der Waals surface area contributed by atoms with Crippen molar-refractivity contribution in [1.82, 2.24) is 4.31 Å². The van der Waals surface area contributed by atoms with Crippen molar-refractivity contribution in [3.63, 3.8) is 0 Å². The van der Waals surface area contributed by atoms with Crippen molar-refractivity contribution in [3.05, 3.63) is 42.4 Å². The second-order valence-electron chi connectivity index (χ2n) is 5.85. The molecule has 26 heavy (non-hydrogen) atoms. The lowest BCUT2D eigenvalue weighted by Crippen LogP contribution is -2.56. The molecule has 0 spiro atoms. The zero-order valence-electron chi connectivity index (χ0n) is 14.3. The molecule has 1 fully saturated rings. The van der Waals surface area contributed by atoms with Crippen LogP contribution in [0.15, 0.2) is 45.9 Å². The molecule has 8 nitrogen and oxygen atoms in total. The van der Waals surface area contributed by atoms with Crippen molar-refractivity contribution in [2.45, 2.75) is 15.9 Å². The highest BCUT2D eigenvalue weighted by molar-refractivity contribution is 7.92. The van der Waals surface area contributed by atoms with E-state index in [4.69, 9.17) is 13.9 Å². The number of nitrogens with zero attached hydrogens (tertiary/aromatic N) is 1. The normalized spacial score (nSPS) is 16.2. The van der Waals surface area contributed by atoms with Gasteiger partial charge in [0.25, 0.3) is 0 Å². The summed E-state index contributed by atoms with van der Waals surface area (Å²) in [6.45, 7) is -0.167. The van der Waals surface area contributed by atoms with E-state index in [0.29, 0.717) is 11.5 Å². The van der Waals surface area contributed by atoms with Gasteiger partial charge in [-0.25, -0.2) is 16.8 Å². The van der Waals surface area contributed by atoms with Gasteiger partial charge in [0.1, 0.15) is 11.5 Å². The molecule has 1 aliphatic heterocycles. The first-order valence-corrected chi connectivity index (χ1v) is 10.9. The Labute approximate surface area is 152 Å². The summed E-state index contributed by atoms with van der Waals surface area (Å²) < 4.78 is 66.5. The summed E-state index contributed by atoms with van der Waals surface area (Å²) >= 11 is 0. The largest absolute Gasteiger partial charge is 0.493 e. The van der Waals surface area contributed by atoms with Crippen LogP contribution >= 0.6 is 0 Å². The molecule has 1 saturated heterocycles.